The van der Waals surface area contributed by atoms with Crippen LogP contribution in [0.1, 0.15) is 23.3 Å². The normalized spacial score (nSPS) is 10.6. The topological polar surface area (TPSA) is 123 Å². The van der Waals surface area contributed by atoms with E-state index in [9.17, 15) is 19.7 Å². The molecule has 11 heteroatoms. The SMILES string of the molecule is Cc1ccc(-c2csc(NCCCC(=O)OCC(=O)Nc3cccc([N+](=O)[O-])c3C)n2)s1. The Kier molecular flexibility index (Phi) is 7.90. The number of aryl methyl sites for hydroxylation is 1. The van der Waals surface area contributed by atoms with E-state index in [1.165, 1.54) is 28.3 Å². The number of esters is 1. The van der Waals surface area contributed by atoms with Gasteiger partial charge in [0.05, 0.1) is 26.7 Å². The lowest BCUT2D eigenvalue weighted by Crippen LogP contribution is -2.21. The third-order valence-corrected chi connectivity index (χ3v) is 6.29. The predicted molar refractivity (Wildman–Crippen MR) is 125 cm³/mol. The minimum atomic E-state index is -0.556. The molecule has 1 aromatic carbocycles. The van der Waals surface area contributed by atoms with Crippen LogP contribution in [0, 0.1) is 24.0 Å². The molecule has 9 nitrogen and oxygen atoms in total. The first-order valence-corrected chi connectivity index (χ1v) is 11.5. The highest BCUT2D eigenvalue weighted by atomic mass is 32.1. The largest absolute Gasteiger partial charge is 0.456 e. The van der Waals surface area contributed by atoms with Gasteiger partial charge in [-0.3, -0.25) is 19.7 Å². The number of nitro groups is 1. The maximum absolute atomic E-state index is 12.0. The summed E-state index contributed by atoms with van der Waals surface area (Å²) >= 11 is 3.19. The van der Waals surface area contributed by atoms with Crippen molar-refractivity contribution in [2.24, 2.45) is 0 Å². The Morgan fingerprint density at radius 2 is 2.03 bits per heavy atom. The van der Waals surface area contributed by atoms with E-state index in [1.807, 2.05) is 11.4 Å². The molecule has 32 heavy (non-hydrogen) atoms. The molecule has 0 spiro atoms. The summed E-state index contributed by atoms with van der Waals surface area (Å²) in [6.45, 7) is 3.69. The van der Waals surface area contributed by atoms with Crippen molar-refractivity contribution in [3.63, 3.8) is 0 Å². The molecule has 2 heterocycles. The van der Waals surface area contributed by atoms with Gasteiger partial charge in [-0.1, -0.05) is 6.07 Å². The molecule has 1 amide bonds. The van der Waals surface area contributed by atoms with Gasteiger partial charge < -0.3 is 15.4 Å². The van der Waals surface area contributed by atoms with Crippen molar-refractivity contribution >= 4 is 51.1 Å². The molecule has 0 unspecified atom stereocenters. The minimum absolute atomic E-state index is 0.0925. The monoisotopic (exact) mass is 474 g/mol. The van der Waals surface area contributed by atoms with Gasteiger partial charge in [0.15, 0.2) is 11.7 Å². The van der Waals surface area contributed by atoms with Crippen LogP contribution in [-0.2, 0) is 14.3 Å². The van der Waals surface area contributed by atoms with Gasteiger partial charge in [-0.2, -0.15) is 0 Å². The van der Waals surface area contributed by atoms with Crippen molar-refractivity contribution in [3.8, 4) is 10.6 Å². The zero-order valence-electron chi connectivity index (χ0n) is 17.5. The van der Waals surface area contributed by atoms with Crippen molar-refractivity contribution < 1.29 is 19.2 Å². The Morgan fingerprint density at radius 1 is 1.22 bits per heavy atom. The lowest BCUT2D eigenvalue weighted by molar-refractivity contribution is -0.385. The second-order valence-corrected chi connectivity index (χ2v) is 9.04. The fourth-order valence-corrected chi connectivity index (χ4v) is 4.47. The Morgan fingerprint density at radius 3 is 2.75 bits per heavy atom. The number of amides is 1. The van der Waals surface area contributed by atoms with E-state index < -0.39 is 23.4 Å². The number of anilines is 2. The highest BCUT2D eigenvalue weighted by Gasteiger charge is 2.15. The van der Waals surface area contributed by atoms with Crippen molar-refractivity contribution in [1.82, 2.24) is 4.98 Å². The van der Waals surface area contributed by atoms with Crippen LogP contribution < -0.4 is 10.6 Å². The molecule has 0 aliphatic carbocycles. The summed E-state index contributed by atoms with van der Waals surface area (Å²) in [5.41, 5.74) is 1.48. The van der Waals surface area contributed by atoms with Gasteiger partial charge in [-0.05, 0) is 38.5 Å². The van der Waals surface area contributed by atoms with Gasteiger partial charge in [0.1, 0.15) is 0 Å². The molecule has 168 valence electrons. The van der Waals surface area contributed by atoms with Gasteiger partial charge >= 0.3 is 5.97 Å². The third-order valence-electron chi connectivity index (χ3n) is 4.47. The number of nitrogens with one attached hydrogen (secondary N) is 2. The predicted octanol–water partition coefficient (Wildman–Crippen LogP) is 4.77. The smallest absolute Gasteiger partial charge is 0.306 e. The second kappa shape index (κ2) is 10.8. The number of rotatable bonds is 10. The first kappa shape index (κ1) is 23.4. The molecule has 0 radical (unpaired) electrons. The van der Waals surface area contributed by atoms with Crippen LogP contribution in [-0.4, -0.2) is 34.9 Å². The first-order valence-electron chi connectivity index (χ1n) is 9.79. The zero-order chi connectivity index (χ0) is 23.1. The summed E-state index contributed by atoms with van der Waals surface area (Å²) in [7, 11) is 0. The fourth-order valence-electron chi connectivity index (χ4n) is 2.83. The van der Waals surface area contributed by atoms with Gasteiger partial charge in [0.25, 0.3) is 11.6 Å². The van der Waals surface area contributed by atoms with Crippen LogP contribution in [0.15, 0.2) is 35.7 Å². The number of nitro benzene ring substituents is 1. The lowest BCUT2D eigenvalue weighted by atomic mass is 10.1. The van der Waals surface area contributed by atoms with Crippen LogP contribution in [0.2, 0.25) is 0 Å². The van der Waals surface area contributed by atoms with Gasteiger partial charge in [-0.25, -0.2) is 4.98 Å². The summed E-state index contributed by atoms with van der Waals surface area (Å²) in [6, 6.07) is 8.49. The van der Waals surface area contributed by atoms with Gasteiger partial charge in [0, 0.05) is 29.3 Å². The number of carbonyl (C=O) groups is 2. The molecule has 0 saturated heterocycles. The molecule has 2 aromatic heterocycles. The number of thiazole rings is 1. The molecule has 0 aliphatic heterocycles. The molecule has 0 bridgehead atoms. The number of benzene rings is 1. The number of thiophene rings is 1. The molecule has 3 aromatic rings. The first-order chi connectivity index (χ1) is 15.3. The molecular weight excluding hydrogens is 452 g/mol. The molecule has 0 saturated carbocycles. The van der Waals surface area contributed by atoms with Gasteiger partial charge in [-0.15, -0.1) is 22.7 Å². The van der Waals surface area contributed by atoms with E-state index >= 15 is 0 Å². The molecule has 3 rings (SSSR count). The average molecular weight is 475 g/mol. The van der Waals surface area contributed by atoms with Crippen molar-refractivity contribution in [1.29, 1.82) is 0 Å². The molecular formula is C21H22N4O5S2. The number of nitrogens with zero attached hydrogens (tertiary/aromatic N) is 2. The lowest BCUT2D eigenvalue weighted by Gasteiger charge is -2.09. The summed E-state index contributed by atoms with van der Waals surface area (Å²) in [5, 5.41) is 19.5. The number of carbonyl (C=O) groups excluding carboxylic acids is 2. The summed E-state index contributed by atoms with van der Waals surface area (Å²) in [4.78, 5) is 41.2. The van der Waals surface area contributed by atoms with Crippen LogP contribution in [0.3, 0.4) is 0 Å². The fraction of sp³-hybridized carbons (Fsp3) is 0.286. The summed E-state index contributed by atoms with van der Waals surface area (Å²) in [6.07, 6.45) is 0.677. The highest BCUT2D eigenvalue weighted by molar-refractivity contribution is 7.16. The molecule has 0 aliphatic rings. The standard InChI is InChI=1S/C21H22N4O5S2/c1-13-8-9-18(32-13)16-12-31-21(24-16)22-10-4-7-20(27)30-11-19(26)23-15-5-3-6-17(14(15)2)25(28)29/h3,5-6,8-9,12H,4,7,10-11H2,1-2H3,(H,22,24)(H,23,26). The van der Waals surface area contributed by atoms with Gasteiger partial charge in [0.2, 0.25) is 0 Å². The van der Waals surface area contributed by atoms with Crippen molar-refractivity contribution in [2.45, 2.75) is 26.7 Å². The van der Waals surface area contributed by atoms with Crippen LogP contribution >= 0.6 is 22.7 Å². The van der Waals surface area contributed by atoms with E-state index in [4.69, 9.17) is 4.74 Å². The maximum Gasteiger partial charge on any atom is 0.306 e. The third kappa shape index (κ3) is 6.34. The maximum atomic E-state index is 12.0. The van der Waals surface area contributed by atoms with Crippen molar-refractivity contribution in [3.05, 3.63) is 56.3 Å². The zero-order valence-corrected chi connectivity index (χ0v) is 19.2. The van der Waals surface area contributed by atoms with E-state index in [-0.39, 0.29) is 12.1 Å². The van der Waals surface area contributed by atoms with E-state index in [0.29, 0.717) is 24.2 Å². The Hall–Kier alpha value is -3.31. The van der Waals surface area contributed by atoms with Crippen LogP contribution in [0.4, 0.5) is 16.5 Å². The van der Waals surface area contributed by atoms with E-state index in [1.54, 1.807) is 24.3 Å². The number of ether oxygens (including phenoxy) is 1. The molecule has 2 N–H and O–H groups in total. The number of aromatic nitrogens is 1. The Bertz CT molecular complexity index is 1130. The van der Waals surface area contributed by atoms with E-state index in [2.05, 4.69) is 28.6 Å². The Labute approximate surface area is 192 Å². The number of hydrogen-bond donors (Lipinski definition) is 2. The minimum Gasteiger partial charge on any atom is -0.456 e. The quantitative estimate of drug-likeness (QED) is 0.188. The van der Waals surface area contributed by atoms with Crippen LogP contribution in [0.5, 0.6) is 0 Å². The average Bonchev–Trinajstić information content (AvgIpc) is 3.40. The molecule has 0 atom stereocenters. The summed E-state index contributed by atoms with van der Waals surface area (Å²) in [5.74, 6) is -1.05. The Balaban J connectivity index is 1.36. The summed E-state index contributed by atoms with van der Waals surface area (Å²) < 4.78 is 4.99. The highest BCUT2D eigenvalue weighted by Crippen LogP contribution is 2.30. The molecule has 0 fully saturated rings. The van der Waals surface area contributed by atoms with E-state index in [0.717, 1.165) is 15.7 Å². The second-order valence-electron chi connectivity index (χ2n) is 6.89. The van der Waals surface area contributed by atoms with Crippen molar-refractivity contribution in [2.75, 3.05) is 23.8 Å². The number of hydrogen-bond acceptors (Lipinski definition) is 9. The van der Waals surface area contributed by atoms with Crippen LogP contribution in [0.25, 0.3) is 10.6 Å².